The van der Waals surface area contributed by atoms with Crippen LogP contribution in [-0.2, 0) is 23.0 Å². The number of nitrogens with zero attached hydrogens (tertiary/aromatic N) is 2. The zero-order valence-corrected chi connectivity index (χ0v) is 17.2. The van der Waals surface area contributed by atoms with E-state index in [1.54, 1.807) is 35.9 Å². The molecule has 2 rings (SSSR count). The van der Waals surface area contributed by atoms with E-state index in [1.165, 1.54) is 0 Å². The summed E-state index contributed by atoms with van der Waals surface area (Å²) in [7, 11) is 1.80. The van der Waals surface area contributed by atoms with Crippen molar-refractivity contribution in [2.45, 2.75) is 27.2 Å². The maximum Gasteiger partial charge on any atom is 0.311 e. The van der Waals surface area contributed by atoms with E-state index < -0.39 is 0 Å². The maximum atomic E-state index is 12.8. The van der Waals surface area contributed by atoms with Gasteiger partial charge < -0.3 is 14.2 Å². The third-order valence-corrected chi connectivity index (χ3v) is 4.99. The molecule has 0 fully saturated rings. The molecule has 0 N–H and O–H groups in total. The van der Waals surface area contributed by atoms with E-state index >= 15 is 0 Å². The molecule has 0 aliphatic rings. The van der Waals surface area contributed by atoms with Crippen LogP contribution in [0.5, 0.6) is 0 Å². The zero-order chi connectivity index (χ0) is 20.0. The van der Waals surface area contributed by atoms with Crippen molar-refractivity contribution in [1.29, 1.82) is 0 Å². The fraction of sp³-hybridized carbons (Fsp3) is 0.429. The molecule has 0 amide bonds. The number of esters is 1. The molecule has 0 saturated carbocycles. The summed E-state index contributed by atoms with van der Waals surface area (Å²) < 4.78 is 7.12. The Morgan fingerprint density at radius 3 is 2.37 bits per heavy atom. The number of ether oxygens (including phenoxy) is 1. The van der Waals surface area contributed by atoms with Gasteiger partial charge in [0, 0.05) is 29.9 Å². The van der Waals surface area contributed by atoms with Crippen LogP contribution in [0.4, 0.5) is 0 Å². The lowest BCUT2D eigenvalue weighted by Gasteiger charge is -2.17. The van der Waals surface area contributed by atoms with Crippen LogP contribution in [0.15, 0.2) is 30.3 Å². The van der Waals surface area contributed by atoms with E-state index in [0.29, 0.717) is 22.9 Å². The largest absolute Gasteiger partial charge is 0.464 e. The highest BCUT2D eigenvalue weighted by Gasteiger charge is 2.20. The van der Waals surface area contributed by atoms with E-state index in [1.807, 2.05) is 13.0 Å². The van der Waals surface area contributed by atoms with Gasteiger partial charge in [-0.05, 0) is 55.9 Å². The molecule has 1 heterocycles. The number of hydrogen-bond donors (Lipinski definition) is 0. The Kier molecular flexibility index (Phi) is 7.63. The van der Waals surface area contributed by atoms with E-state index in [4.69, 9.17) is 16.3 Å². The van der Waals surface area contributed by atoms with Crippen molar-refractivity contribution < 1.29 is 14.3 Å². The average Bonchev–Trinajstić information content (AvgIpc) is 2.92. The molecule has 146 valence electrons. The number of rotatable bonds is 9. The molecule has 0 atom stereocenters. The van der Waals surface area contributed by atoms with Crippen LogP contribution < -0.4 is 0 Å². The molecule has 0 radical (unpaired) electrons. The summed E-state index contributed by atoms with van der Waals surface area (Å²) in [5.74, 6) is -0.374. The number of carbonyl (C=O) groups excluding carboxylic acids is 2. The van der Waals surface area contributed by atoms with Crippen LogP contribution >= 0.6 is 11.6 Å². The molecule has 1 aromatic carbocycles. The molecule has 0 spiro atoms. The van der Waals surface area contributed by atoms with Gasteiger partial charge in [-0.15, -0.1) is 0 Å². The molecule has 0 unspecified atom stereocenters. The van der Waals surface area contributed by atoms with Crippen LogP contribution in [0, 0.1) is 6.92 Å². The smallest absolute Gasteiger partial charge is 0.311 e. The minimum atomic E-state index is -0.284. The first-order valence-corrected chi connectivity index (χ1v) is 9.58. The van der Waals surface area contributed by atoms with Crippen molar-refractivity contribution in [2.75, 3.05) is 26.2 Å². The highest BCUT2D eigenvalue weighted by Crippen LogP contribution is 2.20. The zero-order valence-electron chi connectivity index (χ0n) is 16.4. The van der Waals surface area contributed by atoms with E-state index in [0.717, 1.165) is 30.9 Å². The van der Waals surface area contributed by atoms with E-state index in [2.05, 4.69) is 18.7 Å². The fourth-order valence-corrected chi connectivity index (χ4v) is 3.22. The second-order valence-corrected chi connectivity index (χ2v) is 6.92. The summed E-state index contributed by atoms with van der Waals surface area (Å²) in [5.41, 5.74) is 2.74. The van der Waals surface area contributed by atoms with Crippen molar-refractivity contribution in [3.8, 4) is 0 Å². The molecule has 0 aliphatic heterocycles. The summed E-state index contributed by atoms with van der Waals surface area (Å²) in [4.78, 5) is 27.2. The van der Waals surface area contributed by atoms with Gasteiger partial charge >= 0.3 is 5.97 Å². The number of hydrogen-bond acceptors (Lipinski definition) is 4. The molecular weight excluding hydrogens is 364 g/mol. The topological polar surface area (TPSA) is 51.5 Å². The molecule has 0 aliphatic carbocycles. The highest BCUT2D eigenvalue weighted by atomic mass is 35.5. The van der Waals surface area contributed by atoms with Crippen molar-refractivity contribution in [3.05, 3.63) is 57.9 Å². The molecule has 0 bridgehead atoms. The molecular formula is C21H27ClN2O3. The van der Waals surface area contributed by atoms with Crippen molar-refractivity contribution in [3.63, 3.8) is 0 Å². The van der Waals surface area contributed by atoms with Crippen molar-refractivity contribution in [2.24, 2.45) is 7.05 Å². The van der Waals surface area contributed by atoms with Gasteiger partial charge in [-0.2, -0.15) is 0 Å². The van der Waals surface area contributed by atoms with Gasteiger partial charge in [0.1, 0.15) is 6.61 Å². The van der Waals surface area contributed by atoms with Crippen molar-refractivity contribution in [1.82, 2.24) is 9.47 Å². The SMILES string of the molecule is CCN(CC)CCOC(=O)Cc1cc(C)c(C(=O)c2ccc(Cl)cc2)n1C. The number of aromatic nitrogens is 1. The van der Waals surface area contributed by atoms with Crippen LogP contribution in [-0.4, -0.2) is 47.5 Å². The van der Waals surface area contributed by atoms with Gasteiger partial charge in [0.25, 0.3) is 0 Å². The number of benzene rings is 1. The molecule has 0 saturated heterocycles. The Morgan fingerprint density at radius 1 is 1.15 bits per heavy atom. The number of carbonyl (C=O) groups is 2. The predicted octanol–water partition coefficient (Wildman–Crippen LogP) is 3.65. The first-order chi connectivity index (χ1) is 12.9. The lowest BCUT2D eigenvalue weighted by molar-refractivity contribution is -0.143. The molecule has 6 heteroatoms. The number of likely N-dealkylation sites (N-methyl/N-ethyl adjacent to an activating group) is 1. The normalized spacial score (nSPS) is 11.0. The third kappa shape index (κ3) is 5.44. The van der Waals surface area contributed by atoms with Gasteiger partial charge in [0.2, 0.25) is 5.78 Å². The molecule has 27 heavy (non-hydrogen) atoms. The number of halogens is 1. The van der Waals surface area contributed by atoms with E-state index in [-0.39, 0.29) is 18.2 Å². The van der Waals surface area contributed by atoms with E-state index in [9.17, 15) is 9.59 Å². The van der Waals surface area contributed by atoms with Crippen molar-refractivity contribution >= 4 is 23.4 Å². The Balaban J connectivity index is 2.05. The second kappa shape index (κ2) is 9.72. The van der Waals surface area contributed by atoms with Gasteiger partial charge in [0.15, 0.2) is 0 Å². The highest BCUT2D eigenvalue weighted by molar-refractivity contribution is 6.30. The average molecular weight is 391 g/mol. The Morgan fingerprint density at radius 2 is 1.78 bits per heavy atom. The lowest BCUT2D eigenvalue weighted by Crippen LogP contribution is -2.28. The first-order valence-electron chi connectivity index (χ1n) is 9.20. The third-order valence-electron chi connectivity index (χ3n) is 4.73. The molecule has 1 aromatic heterocycles. The minimum absolute atomic E-state index is 0.0900. The van der Waals surface area contributed by atoms with Gasteiger partial charge in [-0.3, -0.25) is 9.59 Å². The summed E-state index contributed by atoms with van der Waals surface area (Å²) in [5, 5.41) is 0.586. The minimum Gasteiger partial charge on any atom is -0.464 e. The van der Waals surface area contributed by atoms with Gasteiger partial charge in [-0.25, -0.2) is 0 Å². The van der Waals surface area contributed by atoms with Crippen LogP contribution in [0.25, 0.3) is 0 Å². The van der Waals surface area contributed by atoms with Crippen LogP contribution in [0.3, 0.4) is 0 Å². The van der Waals surface area contributed by atoms with Crippen LogP contribution in [0.2, 0.25) is 5.02 Å². The summed E-state index contributed by atoms with van der Waals surface area (Å²) >= 11 is 5.90. The Labute approximate surface area is 165 Å². The quantitative estimate of drug-likeness (QED) is 0.484. The summed E-state index contributed by atoms with van der Waals surface area (Å²) in [6.07, 6.45) is 0.142. The maximum absolute atomic E-state index is 12.8. The second-order valence-electron chi connectivity index (χ2n) is 6.49. The summed E-state index contributed by atoms with van der Waals surface area (Å²) in [6, 6.07) is 8.67. The molecule has 2 aromatic rings. The number of aryl methyl sites for hydroxylation is 1. The predicted molar refractivity (Wildman–Crippen MR) is 107 cm³/mol. The Hall–Kier alpha value is -2.11. The number of ketones is 1. The van der Waals surface area contributed by atoms with Gasteiger partial charge in [0.05, 0.1) is 12.1 Å². The molecule has 5 nitrogen and oxygen atoms in total. The van der Waals surface area contributed by atoms with Crippen LogP contribution in [0.1, 0.15) is 41.2 Å². The summed E-state index contributed by atoms with van der Waals surface area (Å²) in [6.45, 7) is 9.00. The lowest BCUT2D eigenvalue weighted by atomic mass is 10.1. The monoisotopic (exact) mass is 390 g/mol. The van der Waals surface area contributed by atoms with Gasteiger partial charge in [-0.1, -0.05) is 25.4 Å². The first kappa shape index (κ1) is 21.2. The Bertz CT molecular complexity index is 793. The standard InChI is InChI=1S/C21H27ClN2O3/c1-5-24(6-2)11-12-27-19(25)14-18-13-15(3)20(23(18)4)21(26)16-7-9-17(22)10-8-16/h7-10,13H,5-6,11-12,14H2,1-4H3. The fourth-order valence-electron chi connectivity index (χ4n) is 3.09.